The zero-order chi connectivity index (χ0) is 14.2. The molecule has 0 spiro atoms. The molecule has 0 radical (unpaired) electrons. The van der Waals surface area contributed by atoms with E-state index in [2.05, 4.69) is 52.9 Å². The van der Waals surface area contributed by atoms with Crippen LogP contribution in [0.5, 0.6) is 0 Å². The van der Waals surface area contributed by atoms with Gasteiger partial charge in [0.25, 0.3) is 0 Å². The molecule has 0 heterocycles. The van der Waals surface area contributed by atoms with E-state index in [1.54, 1.807) is 5.57 Å². The average Bonchev–Trinajstić information content (AvgIpc) is 3.00. The minimum absolute atomic E-state index is 0.257. The third-order valence-electron chi connectivity index (χ3n) is 3.75. The Kier molecular flexibility index (Phi) is 5.66. The van der Waals surface area contributed by atoms with Crippen LogP contribution < -0.4 is 10.6 Å². The molecule has 0 saturated carbocycles. The normalized spacial score (nSPS) is 16.7. The Hall–Kier alpha value is -1.77. The predicted molar refractivity (Wildman–Crippen MR) is 85.9 cm³/mol. The zero-order valence-electron chi connectivity index (χ0n) is 12.5. The molecule has 3 heteroatoms. The molecule has 0 amide bonds. The quantitative estimate of drug-likeness (QED) is 0.489. The first-order valence-corrected chi connectivity index (χ1v) is 7.49. The van der Waals surface area contributed by atoms with Crippen LogP contribution in [-0.4, -0.2) is 19.6 Å². The Morgan fingerprint density at radius 1 is 1.30 bits per heavy atom. The van der Waals surface area contributed by atoms with E-state index in [0.29, 0.717) is 0 Å². The lowest BCUT2D eigenvalue weighted by Crippen LogP contribution is -2.39. The third kappa shape index (κ3) is 4.41. The van der Waals surface area contributed by atoms with E-state index in [0.717, 1.165) is 18.9 Å². The monoisotopic (exact) mass is 271 g/mol. The number of allylic oxidation sites excluding steroid dienone is 1. The number of nitrogens with one attached hydrogen (secondary N) is 2. The molecule has 1 unspecified atom stereocenters. The fraction of sp³-hybridized carbons (Fsp3) is 0.471. The molecule has 1 aliphatic rings. The average molecular weight is 271 g/mol. The maximum Gasteiger partial charge on any atom is 0.191 e. The predicted octanol–water partition coefficient (Wildman–Crippen LogP) is 3.41. The summed E-state index contributed by atoms with van der Waals surface area (Å²) in [6.07, 6.45) is 7.36. The van der Waals surface area contributed by atoms with Gasteiger partial charge in [-0.3, -0.25) is 4.99 Å². The molecule has 3 nitrogen and oxygen atoms in total. The summed E-state index contributed by atoms with van der Waals surface area (Å²) in [5.74, 6) is 0.875. The van der Waals surface area contributed by atoms with Gasteiger partial charge in [-0.1, -0.05) is 42.0 Å². The molecule has 0 bridgehead atoms. The number of nitrogens with zero attached hydrogens (tertiary/aromatic N) is 1. The molecular weight excluding hydrogens is 246 g/mol. The highest BCUT2D eigenvalue weighted by molar-refractivity contribution is 5.80. The summed E-state index contributed by atoms with van der Waals surface area (Å²) in [4.78, 5) is 4.29. The SMILES string of the molecule is CN=C(NCCC1=CCCC1)NC(C)c1ccccc1. The van der Waals surface area contributed by atoms with Crippen LogP contribution in [0.25, 0.3) is 0 Å². The highest BCUT2D eigenvalue weighted by atomic mass is 15.2. The lowest BCUT2D eigenvalue weighted by molar-refractivity contribution is 0.682. The van der Waals surface area contributed by atoms with Crippen LogP contribution in [0.4, 0.5) is 0 Å². The second-order valence-corrected chi connectivity index (χ2v) is 5.28. The van der Waals surface area contributed by atoms with Gasteiger partial charge in [0.1, 0.15) is 0 Å². The smallest absolute Gasteiger partial charge is 0.191 e. The Labute approximate surface area is 122 Å². The number of hydrogen-bond acceptors (Lipinski definition) is 1. The summed E-state index contributed by atoms with van der Waals surface area (Å²) < 4.78 is 0. The summed E-state index contributed by atoms with van der Waals surface area (Å²) in [5.41, 5.74) is 2.86. The first kappa shape index (κ1) is 14.6. The molecule has 0 saturated heterocycles. The van der Waals surface area contributed by atoms with Crippen LogP contribution in [0.3, 0.4) is 0 Å². The number of benzene rings is 1. The van der Waals surface area contributed by atoms with Crippen molar-refractivity contribution in [3.05, 3.63) is 47.5 Å². The minimum Gasteiger partial charge on any atom is -0.356 e. The van der Waals surface area contributed by atoms with Crippen molar-refractivity contribution in [3.8, 4) is 0 Å². The van der Waals surface area contributed by atoms with Crippen molar-refractivity contribution < 1.29 is 0 Å². The van der Waals surface area contributed by atoms with Gasteiger partial charge in [-0.15, -0.1) is 0 Å². The first-order chi connectivity index (χ1) is 9.79. The van der Waals surface area contributed by atoms with Gasteiger partial charge in [-0.25, -0.2) is 0 Å². The van der Waals surface area contributed by atoms with Crippen LogP contribution in [0, 0.1) is 0 Å². The van der Waals surface area contributed by atoms with Gasteiger partial charge in [-0.2, -0.15) is 0 Å². The number of aliphatic imine (C=N–C) groups is 1. The highest BCUT2D eigenvalue weighted by Gasteiger charge is 2.08. The molecule has 0 fully saturated rings. The Bertz CT molecular complexity index is 462. The van der Waals surface area contributed by atoms with Crippen LogP contribution >= 0.6 is 0 Å². The van der Waals surface area contributed by atoms with Gasteiger partial charge in [-0.05, 0) is 38.2 Å². The van der Waals surface area contributed by atoms with E-state index in [4.69, 9.17) is 0 Å². The fourth-order valence-electron chi connectivity index (χ4n) is 2.53. The molecule has 0 aliphatic heterocycles. The molecule has 1 aromatic carbocycles. The maximum atomic E-state index is 4.29. The van der Waals surface area contributed by atoms with Gasteiger partial charge < -0.3 is 10.6 Å². The van der Waals surface area contributed by atoms with E-state index >= 15 is 0 Å². The summed E-state index contributed by atoms with van der Waals surface area (Å²) in [7, 11) is 1.82. The van der Waals surface area contributed by atoms with Crippen LogP contribution in [0.1, 0.15) is 44.2 Å². The fourth-order valence-corrected chi connectivity index (χ4v) is 2.53. The van der Waals surface area contributed by atoms with Crippen molar-refractivity contribution in [1.82, 2.24) is 10.6 Å². The van der Waals surface area contributed by atoms with Gasteiger partial charge in [0, 0.05) is 13.6 Å². The summed E-state index contributed by atoms with van der Waals surface area (Å²) in [5, 5.41) is 6.82. The van der Waals surface area contributed by atoms with Crippen molar-refractivity contribution in [2.24, 2.45) is 4.99 Å². The minimum atomic E-state index is 0.257. The first-order valence-electron chi connectivity index (χ1n) is 7.49. The number of hydrogen-bond donors (Lipinski definition) is 2. The molecular formula is C17H25N3. The van der Waals surface area contributed by atoms with E-state index in [1.807, 2.05) is 13.1 Å². The Balaban J connectivity index is 1.77. The molecule has 20 heavy (non-hydrogen) atoms. The van der Waals surface area contributed by atoms with Gasteiger partial charge in [0.05, 0.1) is 6.04 Å². The third-order valence-corrected chi connectivity index (χ3v) is 3.75. The highest BCUT2D eigenvalue weighted by Crippen LogP contribution is 2.19. The molecule has 0 aromatic heterocycles. The topological polar surface area (TPSA) is 36.4 Å². The number of rotatable bonds is 5. The van der Waals surface area contributed by atoms with Crippen LogP contribution in [0.2, 0.25) is 0 Å². The molecule has 2 N–H and O–H groups in total. The van der Waals surface area contributed by atoms with Crippen molar-refractivity contribution in [2.75, 3.05) is 13.6 Å². The second-order valence-electron chi connectivity index (χ2n) is 5.28. The van der Waals surface area contributed by atoms with Gasteiger partial charge in [0.15, 0.2) is 5.96 Å². The number of guanidine groups is 1. The lowest BCUT2D eigenvalue weighted by Gasteiger charge is -2.18. The van der Waals surface area contributed by atoms with Crippen LogP contribution in [-0.2, 0) is 0 Å². The second kappa shape index (κ2) is 7.73. The molecule has 1 atom stereocenters. The zero-order valence-corrected chi connectivity index (χ0v) is 12.5. The maximum absolute atomic E-state index is 4.29. The summed E-state index contributed by atoms with van der Waals surface area (Å²) >= 11 is 0. The van der Waals surface area contributed by atoms with Gasteiger partial charge >= 0.3 is 0 Å². The largest absolute Gasteiger partial charge is 0.356 e. The molecule has 1 aromatic rings. The van der Waals surface area contributed by atoms with Crippen molar-refractivity contribution in [1.29, 1.82) is 0 Å². The van der Waals surface area contributed by atoms with Crippen molar-refractivity contribution in [3.63, 3.8) is 0 Å². The summed E-state index contributed by atoms with van der Waals surface area (Å²) in [6, 6.07) is 10.7. The van der Waals surface area contributed by atoms with E-state index < -0.39 is 0 Å². The molecule has 1 aliphatic carbocycles. The molecule has 2 rings (SSSR count). The van der Waals surface area contributed by atoms with Crippen molar-refractivity contribution >= 4 is 5.96 Å². The Morgan fingerprint density at radius 2 is 2.10 bits per heavy atom. The van der Waals surface area contributed by atoms with Crippen molar-refractivity contribution in [2.45, 2.75) is 38.6 Å². The van der Waals surface area contributed by atoms with E-state index in [9.17, 15) is 0 Å². The van der Waals surface area contributed by atoms with Gasteiger partial charge in [0.2, 0.25) is 0 Å². The standard InChI is InChI=1S/C17H25N3/c1-14(16-10-4-3-5-11-16)20-17(18-2)19-13-12-15-8-6-7-9-15/h3-5,8,10-11,14H,6-7,9,12-13H2,1-2H3,(H2,18,19,20). The Morgan fingerprint density at radius 3 is 2.75 bits per heavy atom. The van der Waals surface area contributed by atoms with Crippen LogP contribution in [0.15, 0.2) is 47.0 Å². The summed E-state index contributed by atoms with van der Waals surface area (Å²) in [6.45, 7) is 3.11. The van der Waals surface area contributed by atoms with E-state index in [1.165, 1.54) is 24.8 Å². The van der Waals surface area contributed by atoms with E-state index in [-0.39, 0.29) is 6.04 Å². The molecule has 108 valence electrons. The lowest BCUT2D eigenvalue weighted by atomic mass is 10.1.